The molecule has 0 atom stereocenters. The summed E-state index contributed by atoms with van der Waals surface area (Å²) in [4.78, 5) is 2.02. The third-order valence-corrected chi connectivity index (χ3v) is 4.85. The summed E-state index contributed by atoms with van der Waals surface area (Å²) in [6.45, 7) is 5.73. The Morgan fingerprint density at radius 1 is 1.29 bits per heavy atom. The van der Waals surface area contributed by atoms with Crippen LogP contribution in [0.4, 0.5) is 0 Å². The summed E-state index contributed by atoms with van der Waals surface area (Å²) >= 11 is 0. The molecule has 0 bridgehead atoms. The van der Waals surface area contributed by atoms with Crippen LogP contribution in [-0.2, 0) is 10.2 Å². The Bertz CT molecular complexity index is 384. The van der Waals surface area contributed by atoms with Gasteiger partial charge in [-0.15, -0.1) is 0 Å². The van der Waals surface area contributed by atoms with Crippen molar-refractivity contribution in [3.05, 3.63) is 0 Å². The summed E-state index contributed by atoms with van der Waals surface area (Å²) < 4.78 is 26.9. The predicted octanol–water partition coefficient (Wildman–Crippen LogP) is -1.22. The van der Waals surface area contributed by atoms with Gasteiger partial charge in [0.2, 0.25) is 0 Å². The number of nitrogens with two attached hydrogens (primary N) is 1. The molecule has 1 aliphatic rings. The highest BCUT2D eigenvalue weighted by Gasteiger charge is 2.34. The van der Waals surface area contributed by atoms with E-state index < -0.39 is 15.7 Å². The molecule has 1 aliphatic heterocycles. The van der Waals surface area contributed by atoms with Gasteiger partial charge in [0, 0.05) is 33.2 Å². The molecule has 0 aliphatic carbocycles. The maximum Gasteiger partial charge on any atom is 0.279 e. The van der Waals surface area contributed by atoms with Gasteiger partial charge < -0.3 is 5.73 Å². The highest BCUT2D eigenvalue weighted by Crippen LogP contribution is 2.17. The molecule has 1 rings (SSSR count). The first-order valence-corrected chi connectivity index (χ1v) is 6.94. The molecule has 0 aromatic heterocycles. The van der Waals surface area contributed by atoms with Crippen LogP contribution in [0.5, 0.6) is 0 Å². The summed E-state index contributed by atoms with van der Waals surface area (Å²) in [6, 6.07) is 0. The van der Waals surface area contributed by atoms with Crippen LogP contribution in [0.2, 0.25) is 0 Å². The molecule has 1 fully saturated rings. The van der Waals surface area contributed by atoms with E-state index in [0.717, 1.165) is 0 Å². The fourth-order valence-corrected chi connectivity index (χ4v) is 2.69. The Hall–Kier alpha value is -0.700. The van der Waals surface area contributed by atoms with Gasteiger partial charge in [0.1, 0.15) is 5.84 Å². The van der Waals surface area contributed by atoms with Gasteiger partial charge >= 0.3 is 0 Å². The van der Waals surface area contributed by atoms with E-state index >= 15 is 0 Å². The van der Waals surface area contributed by atoms with Gasteiger partial charge in [-0.1, -0.05) is 0 Å². The summed E-state index contributed by atoms with van der Waals surface area (Å²) in [6.07, 6.45) is 0. The van der Waals surface area contributed by atoms with Gasteiger partial charge in [-0.3, -0.25) is 10.3 Å². The molecule has 4 N–H and O–H groups in total. The maximum atomic E-state index is 11.6. The number of nitrogens with zero attached hydrogens (tertiary/aromatic N) is 2. The quantitative estimate of drug-likeness (QED) is 0.437. The fraction of sp³-hybridized carbons (Fsp3) is 0.889. The van der Waals surface area contributed by atoms with E-state index in [9.17, 15) is 8.42 Å². The highest BCUT2D eigenvalue weighted by molar-refractivity contribution is 7.87. The number of rotatable bonds is 4. The monoisotopic (exact) mass is 263 g/mol. The second-order valence-corrected chi connectivity index (χ2v) is 6.44. The molecule has 0 aromatic carbocycles. The Morgan fingerprint density at radius 2 is 1.76 bits per heavy atom. The predicted molar refractivity (Wildman–Crippen MR) is 67.1 cm³/mol. The normalized spacial score (nSPS) is 20.4. The number of amidine groups is 1. The zero-order chi connectivity index (χ0) is 13.3. The lowest BCUT2D eigenvalue weighted by atomic mass is 10.0. The largest absolute Gasteiger partial charge is 0.386 e. The van der Waals surface area contributed by atoms with E-state index in [2.05, 4.69) is 4.72 Å². The molecule has 17 heavy (non-hydrogen) atoms. The minimum atomic E-state index is -3.34. The summed E-state index contributed by atoms with van der Waals surface area (Å²) in [5.74, 6) is 0.0995. The van der Waals surface area contributed by atoms with Crippen LogP contribution in [0.25, 0.3) is 0 Å². The van der Waals surface area contributed by atoms with Crippen molar-refractivity contribution < 1.29 is 8.42 Å². The van der Waals surface area contributed by atoms with Gasteiger partial charge in [0.25, 0.3) is 10.2 Å². The third-order valence-electron chi connectivity index (χ3n) is 3.29. The fourth-order valence-electron chi connectivity index (χ4n) is 1.79. The molecule has 0 aromatic rings. The molecule has 8 heteroatoms. The summed E-state index contributed by atoms with van der Waals surface area (Å²) in [5, 5.41) is 7.53. The van der Waals surface area contributed by atoms with E-state index in [0.29, 0.717) is 26.2 Å². The molecule has 0 unspecified atom stereocenters. The number of piperazine rings is 1. The van der Waals surface area contributed by atoms with E-state index in [-0.39, 0.29) is 5.84 Å². The molecule has 0 radical (unpaired) electrons. The molecule has 1 heterocycles. The molecular formula is C9H21N5O2S. The van der Waals surface area contributed by atoms with Crippen molar-refractivity contribution in [3.63, 3.8) is 0 Å². The van der Waals surface area contributed by atoms with Crippen LogP contribution in [0, 0.1) is 5.41 Å². The second-order valence-electron chi connectivity index (χ2n) is 4.57. The standard InChI is InChI=1S/C9H21N5O2S/c1-9(2,8(10)11)13-4-6-14(7-5-13)17(15,16)12-3/h12H,4-7H2,1-3H3,(H3,10,11). The Kier molecular flexibility index (Phi) is 4.13. The second kappa shape index (κ2) is 4.89. The average molecular weight is 263 g/mol. The van der Waals surface area contributed by atoms with Crippen LogP contribution in [0.3, 0.4) is 0 Å². The number of hydrogen-bond donors (Lipinski definition) is 3. The Morgan fingerprint density at radius 3 is 2.12 bits per heavy atom. The smallest absolute Gasteiger partial charge is 0.279 e. The SMILES string of the molecule is CNS(=O)(=O)N1CCN(C(C)(C)C(=N)N)CC1. The minimum absolute atomic E-state index is 0.0995. The minimum Gasteiger partial charge on any atom is -0.386 e. The molecule has 0 amide bonds. The van der Waals surface area contributed by atoms with E-state index in [4.69, 9.17) is 11.1 Å². The number of hydrogen-bond acceptors (Lipinski definition) is 4. The van der Waals surface area contributed by atoms with Gasteiger partial charge in [0.05, 0.1) is 5.54 Å². The van der Waals surface area contributed by atoms with Crippen molar-refractivity contribution >= 4 is 16.0 Å². The zero-order valence-corrected chi connectivity index (χ0v) is 11.3. The maximum absolute atomic E-state index is 11.6. The van der Waals surface area contributed by atoms with Crippen LogP contribution in [0.15, 0.2) is 0 Å². The lowest BCUT2D eigenvalue weighted by Gasteiger charge is -2.42. The van der Waals surface area contributed by atoms with Crippen molar-refractivity contribution in [3.8, 4) is 0 Å². The van der Waals surface area contributed by atoms with Crippen molar-refractivity contribution in [1.82, 2.24) is 13.9 Å². The summed E-state index contributed by atoms with van der Waals surface area (Å²) in [5.41, 5.74) is 5.03. The van der Waals surface area contributed by atoms with Crippen molar-refractivity contribution in [2.24, 2.45) is 5.73 Å². The van der Waals surface area contributed by atoms with Crippen molar-refractivity contribution in [2.45, 2.75) is 19.4 Å². The van der Waals surface area contributed by atoms with Crippen LogP contribution in [0.1, 0.15) is 13.8 Å². The van der Waals surface area contributed by atoms with Crippen LogP contribution < -0.4 is 10.5 Å². The molecule has 7 nitrogen and oxygen atoms in total. The van der Waals surface area contributed by atoms with Crippen molar-refractivity contribution in [2.75, 3.05) is 33.2 Å². The topological polar surface area (TPSA) is 103 Å². The Labute approximate surface area is 103 Å². The third kappa shape index (κ3) is 2.95. The summed E-state index contributed by atoms with van der Waals surface area (Å²) in [7, 11) is -1.93. The molecule has 100 valence electrons. The first-order valence-electron chi connectivity index (χ1n) is 5.50. The average Bonchev–Trinajstić information content (AvgIpc) is 2.29. The number of nitrogens with one attached hydrogen (secondary N) is 2. The zero-order valence-electron chi connectivity index (χ0n) is 10.5. The van der Waals surface area contributed by atoms with Crippen molar-refractivity contribution in [1.29, 1.82) is 5.41 Å². The molecule has 1 saturated heterocycles. The first kappa shape index (κ1) is 14.4. The van der Waals surface area contributed by atoms with Crippen LogP contribution >= 0.6 is 0 Å². The van der Waals surface area contributed by atoms with Gasteiger partial charge in [0.15, 0.2) is 0 Å². The van der Waals surface area contributed by atoms with Crippen LogP contribution in [-0.4, -0.2) is 62.2 Å². The Balaban J connectivity index is 2.67. The van der Waals surface area contributed by atoms with Gasteiger partial charge in [-0.25, -0.2) is 4.72 Å². The van der Waals surface area contributed by atoms with E-state index in [1.165, 1.54) is 11.4 Å². The van der Waals surface area contributed by atoms with E-state index in [1.54, 1.807) is 0 Å². The van der Waals surface area contributed by atoms with Gasteiger partial charge in [-0.2, -0.15) is 12.7 Å². The molecule has 0 saturated carbocycles. The lowest BCUT2D eigenvalue weighted by Crippen LogP contribution is -2.60. The lowest BCUT2D eigenvalue weighted by molar-refractivity contribution is 0.121. The van der Waals surface area contributed by atoms with Gasteiger partial charge in [-0.05, 0) is 13.8 Å². The first-order chi connectivity index (χ1) is 7.71. The highest BCUT2D eigenvalue weighted by atomic mass is 32.2. The van der Waals surface area contributed by atoms with E-state index in [1.807, 2.05) is 18.7 Å². The molecular weight excluding hydrogens is 242 g/mol. The molecule has 0 spiro atoms.